The minimum absolute atomic E-state index is 0.345. The highest BCUT2D eigenvalue weighted by molar-refractivity contribution is 7.91. The molecule has 12 heteroatoms. The number of aryl methyl sites for hydroxylation is 1. The third-order valence-corrected chi connectivity index (χ3v) is 9.85. The summed E-state index contributed by atoms with van der Waals surface area (Å²) < 4.78 is 30.1. The Morgan fingerprint density at radius 3 is 2.77 bits per heavy atom. The van der Waals surface area contributed by atoms with Gasteiger partial charge in [-0.1, -0.05) is 19.9 Å². The van der Waals surface area contributed by atoms with E-state index in [1.165, 1.54) is 15.6 Å². The zero-order valence-corrected chi connectivity index (χ0v) is 21.5. The van der Waals surface area contributed by atoms with E-state index in [1.54, 1.807) is 12.4 Å². The van der Waals surface area contributed by atoms with Crippen molar-refractivity contribution in [3.05, 3.63) is 48.2 Å². The number of hydrogen-bond acceptors (Lipinski definition) is 8. The normalized spacial score (nSPS) is 14.6. The summed E-state index contributed by atoms with van der Waals surface area (Å²) in [5.41, 5.74) is 5.10. The molecule has 1 aliphatic rings. The van der Waals surface area contributed by atoms with Crippen molar-refractivity contribution in [2.45, 2.75) is 31.4 Å². The zero-order valence-electron chi connectivity index (χ0n) is 19.9. The summed E-state index contributed by atoms with van der Waals surface area (Å²) in [6.07, 6.45) is 10.5. The van der Waals surface area contributed by atoms with E-state index in [0.717, 1.165) is 42.0 Å². The number of hydrogen-bond donors (Lipinski definition) is 3. The maximum Gasteiger partial charge on any atom is 0.252 e. The lowest BCUT2D eigenvalue weighted by Gasteiger charge is -2.17. The molecule has 1 aliphatic heterocycles. The SMILES string of the molecule is CCN(CC)S(=O)(=O)c1sc(Nc2nc(C3=CCCNC3)cn3c(-c4cn[nH]c4)cnc23)cc1C. The number of nitrogens with one attached hydrogen (secondary N) is 3. The molecule has 0 atom stereocenters. The molecule has 184 valence electrons. The van der Waals surface area contributed by atoms with Gasteiger partial charge < -0.3 is 10.6 Å². The number of aromatic nitrogens is 5. The van der Waals surface area contributed by atoms with Crippen LogP contribution in [0.3, 0.4) is 0 Å². The van der Waals surface area contributed by atoms with E-state index in [9.17, 15) is 8.42 Å². The van der Waals surface area contributed by atoms with Crippen molar-refractivity contribution >= 4 is 43.4 Å². The van der Waals surface area contributed by atoms with Gasteiger partial charge in [-0.15, -0.1) is 11.3 Å². The van der Waals surface area contributed by atoms with Gasteiger partial charge in [-0.3, -0.25) is 9.50 Å². The van der Waals surface area contributed by atoms with Crippen molar-refractivity contribution in [1.29, 1.82) is 0 Å². The molecule has 0 bridgehead atoms. The molecule has 4 aromatic heterocycles. The van der Waals surface area contributed by atoms with Crippen LogP contribution in [0.4, 0.5) is 10.8 Å². The molecule has 0 unspecified atom stereocenters. The lowest BCUT2D eigenvalue weighted by molar-refractivity contribution is 0.446. The lowest BCUT2D eigenvalue weighted by atomic mass is 10.1. The average molecular weight is 513 g/mol. The first-order chi connectivity index (χ1) is 16.9. The first kappa shape index (κ1) is 23.7. The molecule has 4 aromatic rings. The van der Waals surface area contributed by atoms with Gasteiger partial charge >= 0.3 is 0 Å². The maximum atomic E-state index is 13.1. The van der Waals surface area contributed by atoms with Gasteiger partial charge in [0.25, 0.3) is 10.0 Å². The van der Waals surface area contributed by atoms with Crippen LogP contribution in [0.1, 0.15) is 31.5 Å². The monoisotopic (exact) mass is 512 g/mol. The van der Waals surface area contributed by atoms with Gasteiger partial charge in [0, 0.05) is 37.6 Å². The Hall–Kier alpha value is -3.06. The predicted octanol–water partition coefficient (Wildman–Crippen LogP) is 3.64. The van der Waals surface area contributed by atoms with Gasteiger partial charge in [0.05, 0.1) is 28.8 Å². The maximum absolute atomic E-state index is 13.1. The van der Waals surface area contributed by atoms with Crippen LogP contribution in [-0.2, 0) is 10.0 Å². The van der Waals surface area contributed by atoms with E-state index < -0.39 is 10.0 Å². The Morgan fingerprint density at radius 2 is 2.09 bits per heavy atom. The smallest absolute Gasteiger partial charge is 0.252 e. The number of nitrogens with zero attached hydrogens (tertiary/aromatic N) is 5. The number of H-pyrrole nitrogens is 1. The third kappa shape index (κ3) is 4.38. The van der Waals surface area contributed by atoms with Crippen molar-refractivity contribution in [2.75, 3.05) is 31.5 Å². The quantitative estimate of drug-likeness (QED) is 0.330. The summed E-state index contributed by atoms with van der Waals surface area (Å²) in [6, 6.07) is 1.85. The second-order valence-corrected chi connectivity index (χ2v) is 11.5. The van der Waals surface area contributed by atoms with Gasteiger partial charge in [-0.25, -0.2) is 18.4 Å². The van der Waals surface area contributed by atoms with Crippen molar-refractivity contribution < 1.29 is 8.42 Å². The molecule has 0 saturated carbocycles. The van der Waals surface area contributed by atoms with Crippen LogP contribution in [0, 0.1) is 6.92 Å². The van der Waals surface area contributed by atoms with Crippen LogP contribution in [0.5, 0.6) is 0 Å². The molecule has 10 nitrogen and oxygen atoms in total. The number of aromatic amines is 1. The van der Waals surface area contributed by atoms with E-state index in [0.29, 0.717) is 39.3 Å². The molecule has 5 rings (SSSR count). The standard InChI is InChI=1S/C23H28N8O2S2/c1-4-30(5-2)35(32,33)23-15(3)9-20(34-23)29-21-22-25-13-19(17-11-26-27-12-17)31(22)14-18(28-21)16-7-6-8-24-10-16/h7,9,11-14,24H,4-6,8,10H2,1-3H3,(H,26,27)(H,28,29). The first-order valence-electron chi connectivity index (χ1n) is 11.6. The predicted molar refractivity (Wildman–Crippen MR) is 138 cm³/mol. The average Bonchev–Trinajstić information content (AvgIpc) is 3.60. The number of fused-ring (bicyclic) bond motifs is 1. The van der Waals surface area contributed by atoms with Gasteiger partial charge in [-0.2, -0.15) is 9.40 Å². The number of rotatable bonds is 8. The number of imidazole rings is 1. The molecule has 0 aromatic carbocycles. The molecule has 0 radical (unpaired) electrons. The van der Waals surface area contributed by atoms with E-state index in [-0.39, 0.29) is 0 Å². The molecule has 3 N–H and O–H groups in total. The Morgan fingerprint density at radius 1 is 1.26 bits per heavy atom. The fourth-order valence-corrected chi connectivity index (χ4v) is 7.44. The first-order valence-corrected chi connectivity index (χ1v) is 13.8. The number of anilines is 2. The topological polar surface area (TPSA) is 120 Å². The summed E-state index contributed by atoms with van der Waals surface area (Å²) in [7, 11) is -3.55. The summed E-state index contributed by atoms with van der Waals surface area (Å²) >= 11 is 1.22. The van der Waals surface area contributed by atoms with Crippen LogP contribution in [0.15, 0.2) is 41.1 Å². The third-order valence-electron chi connectivity index (χ3n) is 6.04. The molecule has 35 heavy (non-hydrogen) atoms. The highest BCUT2D eigenvalue weighted by Crippen LogP contribution is 2.35. The van der Waals surface area contributed by atoms with E-state index in [1.807, 2.05) is 43.6 Å². The minimum atomic E-state index is -3.55. The second-order valence-electron chi connectivity index (χ2n) is 8.29. The molecule has 0 spiro atoms. The van der Waals surface area contributed by atoms with E-state index >= 15 is 0 Å². The van der Waals surface area contributed by atoms with Crippen LogP contribution in [0.2, 0.25) is 0 Å². The van der Waals surface area contributed by atoms with Crippen LogP contribution in [0.25, 0.3) is 22.5 Å². The van der Waals surface area contributed by atoms with Crippen molar-refractivity contribution in [2.24, 2.45) is 0 Å². The second kappa shape index (κ2) is 9.53. The summed E-state index contributed by atoms with van der Waals surface area (Å²) in [6.45, 7) is 8.05. The Kier molecular flexibility index (Phi) is 6.45. The van der Waals surface area contributed by atoms with Gasteiger partial charge in [0.1, 0.15) is 4.21 Å². The zero-order chi connectivity index (χ0) is 24.6. The molecule has 5 heterocycles. The molecule has 0 amide bonds. The Labute approximate surface area is 208 Å². The lowest BCUT2D eigenvalue weighted by Crippen LogP contribution is -2.30. The fraction of sp³-hybridized carbons (Fsp3) is 0.348. The van der Waals surface area contributed by atoms with Crippen molar-refractivity contribution in [3.63, 3.8) is 0 Å². The fourth-order valence-electron chi connectivity index (χ4n) is 4.25. The highest BCUT2D eigenvalue weighted by atomic mass is 32.2. The Bertz CT molecular complexity index is 1480. The molecular weight excluding hydrogens is 484 g/mol. The van der Waals surface area contributed by atoms with E-state index in [2.05, 4.69) is 31.9 Å². The largest absolute Gasteiger partial charge is 0.329 e. The molecule has 0 aliphatic carbocycles. The molecular formula is C23H28N8O2S2. The summed E-state index contributed by atoms with van der Waals surface area (Å²) in [4.78, 5) is 9.53. The van der Waals surface area contributed by atoms with Gasteiger partial charge in [0.15, 0.2) is 11.5 Å². The van der Waals surface area contributed by atoms with Crippen LogP contribution in [-0.4, -0.2) is 63.5 Å². The summed E-state index contributed by atoms with van der Waals surface area (Å²) in [5, 5.41) is 14.4. The van der Waals surface area contributed by atoms with Crippen molar-refractivity contribution in [1.82, 2.24) is 34.2 Å². The number of thiophene rings is 1. The highest BCUT2D eigenvalue weighted by Gasteiger charge is 2.26. The van der Waals surface area contributed by atoms with Crippen LogP contribution >= 0.6 is 11.3 Å². The summed E-state index contributed by atoms with van der Waals surface area (Å²) in [5.74, 6) is 0.566. The molecule has 0 saturated heterocycles. The van der Waals surface area contributed by atoms with E-state index in [4.69, 9.17) is 4.98 Å². The Balaban J connectivity index is 1.60. The minimum Gasteiger partial charge on any atom is -0.329 e. The molecule has 0 fully saturated rings. The van der Waals surface area contributed by atoms with Crippen molar-refractivity contribution in [3.8, 4) is 11.3 Å². The number of sulfonamides is 1. The van der Waals surface area contributed by atoms with Gasteiger partial charge in [0.2, 0.25) is 0 Å². The van der Waals surface area contributed by atoms with Crippen LogP contribution < -0.4 is 10.6 Å². The van der Waals surface area contributed by atoms with Gasteiger partial charge in [-0.05, 0) is 37.1 Å².